The van der Waals surface area contributed by atoms with E-state index < -0.39 is 0 Å². The summed E-state index contributed by atoms with van der Waals surface area (Å²) in [5.41, 5.74) is 1.64. The molecule has 2 aliphatic rings. The van der Waals surface area contributed by atoms with Crippen LogP contribution in [0.25, 0.3) is 5.57 Å². The maximum atomic E-state index is 13.0. The van der Waals surface area contributed by atoms with Crippen LogP contribution in [-0.4, -0.2) is 61.0 Å². The molecular formula is C20H25FN2O3. The molecule has 0 atom stereocenters. The summed E-state index contributed by atoms with van der Waals surface area (Å²) >= 11 is 0. The Morgan fingerprint density at radius 1 is 1.04 bits per heavy atom. The SMILES string of the molecule is CC(=CC(=O)N1CCC(C(=O)N2CCOCC2)CC1)c1ccc(F)cc1. The van der Waals surface area contributed by atoms with Crippen LogP contribution < -0.4 is 0 Å². The number of ether oxygens (including phenoxy) is 1. The van der Waals surface area contributed by atoms with Gasteiger partial charge in [-0.2, -0.15) is 0 Å². The van der Waals surface area contributed by atoms with Crippen molar-refractivity contribution < 1.29 is 18.7 Å². The highest BCUT2D eigenvalue weighted by molar-refractivity contribution is 5.95. The lowest BCUT2D eigenvalue weighted by Gasteiger charge is -2.35. The summed E-state index contributed by atoms with van der Waals surface area (Å²) in [5.74, 6) is -0.151. The Morgan fingerprint density at radius 3 is 2.27 bits per heavy atom. The van der Waals surface area contributed by atoms with Crippen molar-refractivity contribution >= 4 is 17.4 Å². The Hall–Kier alpha value is -2.21. The van der Waals surface area contributed by atoms with Gasteiger partial charge in [0.1, 0.15) is 5.82 Å². The quantitative estimate of drug-likeness (QED) is 0.778. The van der Waals surface area contributed by atoms with Gasteiger partial charge in [-0.05, 0) is 43.0 Å². The van der Waals surface area contributed by atoms with E-state index in [1.165, 1.54) is 12.1 Å². The monoisotopic (exact) mass is 360 g/mol. The van der Waals surface area contributed by atoms with Crippen molar-refractivity contribution in [2.75, 3.05) is 39.4 Å². The van der Waals surface area contributed by atoms with E-state index >= 15 is 0 Å². The normalized spacial score (nSPS) is 19.5. The molecule has 0 saturated carbocycles. The van der Waals surface area contributed by atoms with E-state index in [9.17, 15) is 14.0 Å². The summed E-state index contributed by atoms with van der Waals surface area (Å²) in [7, 11) is 0. The molecule has 5 nitrogen and oxygen atoms in total. The lowest BCUT2D eigenvalue weighted by molar-refractivity contribution is -0.142. The Bertz CT molecular complexity index is 673. The van der Waals surface area contributed by atoms with Crippen LogP contribution in [-0.2, 0) is 14.3 Å². The highest BCUT2D eigenvalue weighted by Crippen LogP contribution is 2.22. The van der Waals surface area contributed by atoms with Gasteiger partial charge in [-0.3, -0.25) is 9.59 Å². The minimum absolute atomic E-state index is 0.000625. The van der Waals surface area contributed by atoms with Crippen molar-refractivity contribution in [1.29, 1.82) is 0 Å². The first-order chi connectivity index (χ1) is 12.5. The van der Waals surface area contributed by atoms with Gasteiger partial charge in [0.15, 0.2) is 0 Å². The van der Waals surface area contributed by atoms with Crippen LogP contribution in [0.15, 0.2) is 30.3 Å². The predicted octanol–water partition coefficient (Wildman–Crippen LogP) is 2.33. The zero-order chi connectivity index (χ0) is 18.5. The lowest BCUT2D eigenvalue weighted by atomic mass is 9.95. The van der Waals surface area contributed by atoms with Gasteiger partial charge in [-0.25, -0.2) is 4.39 Å². The van der Waals surface area contributed by atoms with Crippen molar-refractivity contribution in [3.8, 4) is 0 Å². The van der Waals surface area contributed by atoms with Crippen molar-refractivity contribution in [3.63, 3.8) is 0 Å². The second-order valence-corrected chi connectivity index (χ2v) is 6.87. The average molecular weight is 360 g/mol. The van der Waals surface area contributed by atoms with E-state index in [1.807, 2.05) is 11.8 Å². The summed E-state index contributed by atoms with van der Waals surface area (Å²) in [4.78, 5) is 28.7. The molecule has 3 rings (SSSR count). The number of hydrogen-bond acceptors (Lipinski definition) is 3. The fourth-order valence-corrected chi connectivity index (χ4v) is 3.46. The van der Waals surface area contributed by atoms with Crippen LogP contribution in [0.3, 0.4) is 0 Å². The summed E-state index contributed by atoms with van der Waals surface area (Å²) in [5, 5.41) is 0. The number of piperidine rings is 1. The standard InChI is InChI=1S/C20H25FN2O3/c1-15(16-2-4-18(21)5-3-16)14-19(24)22-8-6-17(7-9-22)20(25)23-10-12-26-13-11-23/h2-5,14,17H,6-13H2,1H3. The number of nitrogens with zero attached hydrogens (tertiary/aromatic N) is 2. The number of allylic oxidation sites excluding steroid dienone is 1. The maximum Gasteiger partial charge on any atom is 0.246 e. The van der Waals surface area contributed by atoms with Crippen molar-refractivity contribution in [2.45, 2.75) is 19.8 Å². The first-order valence-electron chi connectivity index (χ1n) is 9.14. The van der Waals surface area contributed by atoms with Crippen molar-refractivity contribution in [1.82, 2.24) is 9.80 Å². The number of benzene rings is 1. The fourth-order valence-electron chi connectivity index (χ4n) is 3.46. The molecule has 26 heavy (non-hydrogen) atoms. The number of halogens is 1. The molecule has 0 bridgehead atoms. The minimum Gasteiger partial charge on any atom is -0.378 e. The van der Waals surface area contributed by atoms with Gasteiger partial charge >= 0.3 is 0 Å². The second-order valence-electron chi connectivity index (χ2n) is 6.87. The van der Waals surface area contributed by atoms with Gasteiger partial charge in [0.2, 0.25) is 11.8 Å². The zero-order valence-corrected chi connectivity index (χ0v) is 15.1. The number of carbonyl (C=O) groups is 2. The third-order valence-electron chi connectivity index (χ3n) is 5.12. The molecule has 2 saturated heterocycles. The van der Waals surface area contributed by atoms with Crippen molar-refractivity contribution in [2.24, 2.45) is 5.92 Å². The highest BCUT2D eigenvalue weighted by atomic mass is 19.1. The summed E-state index contributed by atoms with van der Waals surface area (Å²) in [6.45, 7) is 5.57. The van der Waals surface area contributed by atoms with Crippen LogP contribution >= 0.6 is 0 Å². The van der Waals surface area contributed by atoms with Crippen LogP contribution in [0.1, 0.15) is 25.3 Å². The largest absolute Gasteiger partial charge is 0.378 e. The third kappa shape index (κ3) is 4.49. The molecule has 140 valence electrons. The van der Waals surface area contributed by atoms with Gasteiger partial charge in [0.05, 0.1) is 13.2 Å². The first-order valence-corrected chi connectivity index (χ1v) is 9.14. The molecule has 2 fully saturated rings. The average Bonchev–Trinajstić information content (AvgIpc) is 2.68. The van der Waals surface area contributed by atoms with Gasteiger partial charge in [-0.1, -0.05) is 12.1 Å². The van der Waals surface area contributed by atoms with Gasteiger partial charge in [-0.15, -0.1) is 0 Å². The second kappa shape index (κ2) is 8.45. The molecule has 0 aromatic heterocycles. The van der Waals surface area contributed by atoms with E-state index in [0.29, 0.717) is 52.2 Å². The molecule has 1 aromatic carbocycles. The Balaban J connectivity index is 1.53. The molecular weight excluding hydrogens is 335 g/mol. The fraction of sp³-hybridized carbons (Fsp3) is 0.500. The minimum atomic E-state index is -0.292. The zero-order valence-electron chi connectivity index (χ0n) is 15.1. The summed E-state index contributed by atoms with van der Waals surface area (Å²) < 4.78 is 18.3. The predicted molar refractivity (Wildman–Crippen MR) is 96.8 cm³/mol. The van der Waals surface area contributed by atoms with E-state index in [2.05, 4.69) is 0 Å². The number of amides is 2. The first kappa shape index (κ1) is 18.6. The topological polar surface area (TPSA) is 49.9 Å². The lowest BCUT2D eigenvalue weighted by Crippen LogP contribution is -2.47. The molecule has 0 radical (unpaired) electrons. The van der Waals surface area contributed by atoms with Crippen LogP contribution in [0.4, 0.5) is 4.39 Å². The number of hydrogen-bond donors (Lipinski definition) is 0. The van der Waals surface area contributed by atoms with Crippen molar-refractivity contribution in [3.05, 3.63) is 41.7 Å². The molecule has 2 aliphatic heterocycles. The smallest absolute Gasteiger partial charge is 0.246 e. The molecule has 0 N–H and O–H groups in total. The summed E-state index contributed by atoms with van der Waals surface area (Å²) in [6, 6.07) is 6.11. The number of likely N-dealkylation sites (tertiary alicyclic amines) is 1. The Labute approximate surface area is 153 Å². The highest BCUT2D eigenvalue weighted by Gasteiger charge is 2.30. The molecule has 0 spiro atoms. The van der Waals surface area contributed by atoms with Gasteiger partial charge < -0.3 is 14.5 Å². The molecule has 6 heteroatoms. The third-order valence-corrected chi connectivity index (χ3v) is 5.12. The summed E-state index contributed by atoms with van der Waals surface area (Å²) in [6.07, 6.45) is 2.99. The van der Waals surface area contributed by atoms with Gasteiger partial charge in [0, 0.05) is 38.2 Å². The van der Waals surface area contributed by atoms with Crippen LogP contribution in [0.2, 0.25) is 0 Å². The van der Waals surface area contributed by atoms with Crippen LogP contribution in [0.5, 0.6) is 0 Å². The van der Waals surface area contributed by atoms with E-state index in [0.717, 1.165) is 11.1 Å². The number of rotatable bonds is 3. The Morgan fingerprint density at radius 2 is 1.65 bits per heavy atom. The molecule has 2 heterocycles. The van der Waals surface area contributed by atoms with Crippen LogP contribution in [0, 0.1) is 11.7 Å². The molecule has 0 unspecified atom stereocenters. The molecule has 1 aromatic rings. The van der Waals surface area contributed by atoms with E-state index in [-0.39, 0.29) is 23.5 Å². The number of morpholine rings is 1. The number of carbonyl (C=O) groups excluding carboxylic acids is 2. The Kier molecular flexibility index (Phi) is 6.04. The maximum absolute atomic E-state index is 13.0. The molecule has 0 aliphatic carbocycles. The van der Waals surface area contributed by atoms with E-state index in [1.54, 1.807) is 23.1 Å². The van der Waals surface area contributed by atoms with Gasteiger partial charge in [0.25, 0.3) is 0 Å². The molecule has 2 amide bonds. The van der Waals surface area contributed by atoms with E-state index in [4.69, 9.17) is 4.74 Å².